The second-order valence-corrected chi connectivity index (χ2v) is 7.10. The standard InChI is InChI=1S/C16H24O5S/c1-2-3-4-5-6-7-8-11-14(17)13-10-9-12-15(16(13)18)22(19,20)21/h9-10,12,15H,2-8,11H2,1H3,(H,19,20,21). The molecular formula is C16H24O5S. The first kappa shape index (κ1) is 18.8. The normalized spacial score (nSPS) is 18.4. The highest BCUT2D eigenvalue weighted by Gasteiger charge is 2.34. The Morgan fingerprint density at radius 1 is 1.14 bits per heavy atom. The average Bonchev–Trinajstić information content (AvgIpc) is 2.45. The lowest BCUT2D eigenvalue weighted by molar-refractivity contribution is -0.121. The summed E-state index contributed by atoms with van der Waals surface area (Å²) in [5.74, 6) is -1.19. The molecule has 1 unspecified atom stereocenters. The first-order valence-corrected chi connectivity index (χ1v) is 9.30. The zero-order valence-electron chi connectivity index (χ0n) is 13.0. The molecule has 6 heteroatoms. The van der Waals surface area contributed by atoms with E-state index in [-0.39, 0.29) is 17.8 Å². The minimum Gasteiger partial charge on any atom is -0.294 e. The molecule has 0 heterocycles. The van der Waals surface area contributed by atoms with Gasteiger partial charge in [0.05, 0.1) is 5.57 Å². The number of unbranched alkanes of at least 4 members (excludes halogenated alkanes) is 6. The van der Waals surface area contributed by atoms with Gasteiger partial charge in [0.15, 0.2) is 16.8 Å². The Bertz CT molecular complexity index is 557. The van der Waals surface area contributed by atoms with Crippen LogP contribution in [0.15, 0.2) is 23.8 Å². The quantitative estimate of drug-likeness (QED) is 0.378. The van der Waals surface area contributed by atoms with E-state index in [1.54, 1.807) is 0 Å². The van der Waals surface area contributed by atoms with Crippen LogP contribution < -0.4 is 0 Å². The van der Waals surface area contributed by atoms with E-state index < -0.39 is 21.2 Å². The van der Waals surface area contributed by atoms with Crippen molar-refractivity contribution in [1.82, 2.24) is 0 Å². The fourth-order valence-electron chi connectivity index (χ4n) is 2.42. The zero-order valence-corrected chi connectivity index (χ0v) is 13.8. The van der Waals surface area contributed by atoms with E-state index in [0.717, 1.165) is 25.3 Å². The molecule has 22 heavy (non-hydrogen) atoms. The fraction of sp³-hybridized carbons (Fsp3) is 0.625. The number of hydrogen-bond acceptors (Lipinski definition) is 4. The van der Waals surface area contributed by atoms with Crippen molar-refractivity contribution >= 4 is 21.7 Å². The lowest BCUT2D eigenvalue weighted by Gasteiger charge is -2.14. The molecule has 1 aliphatic carbocycles. The monoisotopic (exact) mass is 328 g/mol. The van der Waals surface area contributed by atoms with E-state index in [1.807, 2.05) is 0 Å². The van der Waals surface area contributed by atoms with E-state index in [0.29, 0.717) is 6.42 Å². The van der Waals surface area contributed by atoms with Crippen LogP contribution in [0, 0.1) is 0 Å². The highest BCUT2D eigenvalue weighted by atomic mass is 32.2. The molecule has 0 amide bonds. The maximum atomic E-state index is 12.0. The van der Waals surface area contributed by atoms with E-state index in [4.69, 9.17) is 4.55 Å². The van der Waals surface area contributed by atoms with Gasteiger partial charge in [0.2, 0.25) is 0 Å². The molecule has 0 aromatic rings. The molecule has 0 saturated carbocycles. The van der Waals surface area contributed by atoms with Gasteiger partial charge in [0.25, 0.3) is 10.1 Å². The Balaban J connectivity index is 2.41. The Kier molecular flexibility index (Phi) is 7.68. The zero-order chi connectivity index (χ0) is 16.6. The molecular weight excluding hydrogens is 304 g/mol. The summed E-state index contributed by atoms with van der Waals surface area (Å²) in [5.41, 5.74) is -0.129. The highest BCUT2D eigenvalue weighted by Crippen LogP contribution is 2.18. The van der Waals surface area contributed by atoms with Crippen molar-refractivity contribution in [2.24, 2.45) is 0 Å². The van der Waals surface area contributed by atoms with Crippen LogP contribution in [-0.4, -0.2) is 29.8 Å². The number of rotatable bonds is 10. The topological polar surface area (TPSA) is 88.5 Å². The Hall–Kier alpha value is -1.27. The molecule has 0 radical (unpaired) electrons. The highest BCUT2D eigenvalue weighted by molar-refractivity contribution is 7.87. The molecule has 0 saturated heterocycles. The molecule has 5 nitrogen and oxygen atoms in total. The number of allylic oxidation sites excluding steroid dienone is 3. The maximum absolute atomic E-state index is 12.0. The van der Waals surface area contributed by atoms with Gasteiger partial charge in [-0.15, -0.1) is 0 Å². The van der Waals surface area contributed by atoms with Crippen LogP contribution in [-0.2, 0) is 19.7 Å². The Morgan fingerprint density at radius 3 is 2.32 bits per heavy atom. The molecule has 0 spiro atoms. The maximum Gasteiger partial charge on any atom is 0.279 e. The van der Waals surface area contributed by atoms with Gasteiger partial charge in [0, 0.05) is 6.42 Å². The van der Waals surface area contributed by atoms with Crippen molar-refractivity contribution in [3.8, 4) is 0 Å². The van der Waals surface area contributed by atoms with Crippen molar-refractivity contribution in [2.45, 2.75) is 63.5 Å². The third-order valence-electron chi connectivity index (χ3n) is 3.70. The van der Waals surface area contributed by atoms with Gasteiger partial charge in [-0.05, 0) is 12.5 Å². The number of Topliss-reactive ketones (excluding diaryl/α,β-unsaturated/α-hetero) is 2. The van der Waals surface area contributed by atoms with E-state index >= 15 is 0 Å². The van der Waals surface area contributed by atoms with Gasteiger partial charge in [0.1, 0.15) is 0 Å². The number of hydrogen-bond donors (Lipinski definition) is 1. The summed E-state index contributed by atoms with van der Waals surface area (Å²) in [6.45, 7) is 2.15. The third kappa shape index (κ3) is 5.85. The third-order valence-corrected chi connectivity index (χ3v) is 4.71. The molecule has 0 aliphatic heterocycles. The minimum absolute atomic E-state index is 0.129. The molecule has 0 aromatic heterocycles. The molecule has 1 atom stereocenters. The number of carbonyl (C=O) groups excluding carboxylic acids is 2. The summed E-state index contributed by atoms with van der Waals surface area (Å²) in [6, 6.07) is 0. The SMILES string of the molecule is CCCCCCCCCC(=O)C1=CC=CC(S(=O)(=O)O)C1=O. The van der Waals surface area contributed by atoms with Crippen molar-refractivity contribution in [1.29, 1.82) is 0 Å². The molecule has 0 bridgehead atoms. The van der Waals surface area contributed by atoms with Crippen molar-refractivity contribution < 1.29 is 22.6 Å². The van der Waals surface area contributed by atoms with Gasteiger partial charge in [-0.2, -0.15) is 8.42 Å². The molecule has 0 fully saturated rings. The van der Waals surface area contributed by atoms with Crippen LogP contribution in [0.1, 0.15) is 58.3 Å². The minimum atomic E-state index is -4.51. The Morgan fingerprint density at radius 2 is 1.73 bits per heavy atom. The number of carbonyl (C=O) groups is 2. The molecule has 1 rings (SSSR count). The summed E-state index contributed by atoms with van der Waals surface area (Å²) >= 11 is 0. The predicted octanol–water partition coefficient (Wildman–Crippen LogP) is 3.02. The lowest BCUT2D eigenvalue weighted by atomic mass is 9.95. The Labute approximate surface area is 132 Å². The fourth-order valence-corrected chi connectivity index (χ4v) is 3.10. The smallest absolute Gasteiger partial charge is 0.279 e. The van der Waals surface area contributed by atoms with Crippen molar-refractivity contribution in [3.05, 3.63) is 23.8 Å². The van der Waals surface area contributed by atoms with Crippen LogP contribution >= 0.6 is 0 Å². The van der Waals surface area contributed by atoms with Crippen molar-refractivity contribution in [2.75, 3.05) is 0 Å². The molecule has 1 N–H and O–H groups in total. The van der Waals surface area contributed by atoms with Gasteiger partial charge >= 0.3 is 0 Å². The van der Waals surface area contributed by atoms with Crippen LogP contribution in [0.5, 0.6) is 0 Å². The van der Waals surface area contributed by atoms with E-state index in [2.05, 4.69) is 6.92 Å². The van der Waals surface area contributed by atoms with Crippen molar-refractivity contribution in [3.63, 3.8) is 0 Å². The molecule has 0 aromatic carbocycles. The van der Waals surface area contributed by atoms with Gasteiger partial charge < -0.3 is 0 Å². The summed E-state index contributed by atoms with van der Waals surface area (Å²) in [4.78, 5) is 24.0. The van der Waals surface area contributed by atoms with E-state index in [9.17, 15) is 18.0 Å². The lowest BCUT2D eigenvalue weighted by Crippen LogP contribution is -2.33. The largest absolute Gasteiger partial charge is 0.294 e. The summed E-state index contributed by atoms with van der Waals surface area (Å²) < 4.78 is 31.2. The van der Waals surface area contributed by atoms with Crippen LogP contribution in [0.4, 0.5) is 0 Å². The van der Waals surface area contributed by atoms with Gasteiger partial charge in [-0.3, -0.25) is 14.1 Å². The summed E-state index contributed by atoms with van der Waals surface area (Å²) in [7, 11) is -4.51. The second kappa shape index (κ2) is 9.00. The second-order valence-electron chi connectivity index (χ2n) is 5.56. The first-order valence-electron chi connectivity index (χ1n) is 7.80. The van der Waals surface area contributed by atoms with Crippen LogP contribution in [0.3, 0.4) is 0 Å². The first-order chi connectivity index (χ1) is 10.4. The van der Waals surface area contributed by atoms with E-state index in [1.165, 1.54) is 31.4 Å². The van der Waals surface area contributed by atoms with Crippen LogP contribution in [0.2, 0.25) is 0 Å². The van der Waals surface area contributed by atoms with Gasteiger partial charge in [-0.1, -0.05) is 57.6 Å². The number of ketones is 2. The molecule has 124 valence electrons. The predicted molar refractivity (Wildman–Crippen MR) is 85.2 cm³/mol. The summed E-state index contributed by atoms with van der Waals surface area (Å²) in [6.07, 6.45) is 11.4. The van der Waals surface area contributed by atoms with Gasteiger partial charge in [-0.25, -0.2) is 0 Å². The van der Waals surface area contributed by atoms with Crippen LogP contribution in [0.25, 0.3) is 0 Å². The average molecular weight is 328 g/mol. The summed E-state index contributed by atoms with van der Waals surface area (Å²) in [5, 5.41) is -1.65. The molecule has 1 aliphatic rings.